The minimum absolute atomic E-state index is 0.0357. The molecule has 0 saturated carbocycles. The predicted molar refractivity (Wildman–Crippen MR) is 134 cm³/mol. The maximum Gasteiger partial charge on any atom is 0.301 e. The number of rotatable bonds is 4. The maximum absolute atomic E-state index is 13.3. The average molecular weight is 511 g/mol. The van der Waals surface area contributed by atoms with E-state index in [4.69, 9.17) is 27.9 Å². The maximum atomic E-state index is 13.3. The smallest absolute Gasteiger partial charge is 0.301 e. The molecule has 1 N–H and O–H groups in total. The Hall–Kier alpha value is -3.39. The predicted octanol–water partition coefficient (Wildman–Crippen LogP) is 6.24. The Labute approximate surface area is 208 Å². The third-order valence-corrected chi connectivity index (χ3v) is 7.06. The monoisotopic (exact) mass is 510 g/mol. The summed E-state index contributed by atoms with van der Waals surface area (Å²) in [6.07, 6.45) is 0. The summed E-state index contributed by atoms with van der Waals surface area (Å²) in [6.45, 7) is 0. The second-order valence-corrected chi connectivity index (χ2v) is 9.44. The van der Waals surface area contributed by atoms with E-state index in [1.54, 1.807) is 67.8 Å². The summed E-state index contributed by atoms with van der Waals surface area (Å²) in [6, 6.07) is 17.7. The van der Waals surface area contributed by atoms with Crippen LogP contribution in [0.3, 0.4) is 0 Å². The molecule has 4 aromatic rings. The molecule has 170 valence electrons. The van der Waals surface area contributed by atoms with Gasteiger partial charge in [0.25, 0.3) is 5.78 Å². The van der Waals surface area contributed by atoms with Crippen LogP contribution in [-0.2, 0) is 9.59 Å². The number of halogens is 2. The highest BCUT2D eigenvalue weighted by Gasteiger charge is 2.48. The van der Waals surface area contributed by atoms with Gasteiger partial charge in [-0.3, -0.25) is 14.5 Å². The van der Waals surface area contributed by atoms with E-state index >= 15 is 0 Å². The molecule has 1 amide bonds. The van der Waals surface area contributed by atoms with Crippen LogP contribution < -0.4 is 9.64 Å². The van der Waals surface area contributed by atoms with Gasteiger partial charge in [-0.1, -0.05) is 46.7 Å². The van der Waals surface area contributed by atoms with Gasteiger partial charge in [-0.15, -0.1) is 0 Å². The number of Topliss-reactive ketones (excluding diaryl/α,β-unsaturated/α-hetero) is 1. The fourth-order valence-corrected chi connectivity index (χ4v) is 5.15. The highest BCUT2D eigenvalue weighted by molar-refractivity contribution is 7.22. The second kappa shape index (κ2) is 8.76. The van der Waals surface area contributed by atoms with Crippen molar-refractivity contribution in [2.24, 2.45) is 0 Å². The zero-order valence-electron chi connectivity index (χ0n) is 17.7. The van der Waals surface area contributed by atoms with E-state index in [1.807, 2.05) is 6.07 Å². The van der Waals surface area contributed by atoms with E-state index in [2.05, 4.69) is 4.98 Å². The number of ketones is 1. The van der Waals surface area contributed by atoms with Crippen molar-refractivity contribution in [3.8, 4) is 5.75 Å². The van der Waals surface area contributed by atoms with Crippen molar-refractivity contribution in [2.45, 2.75) is 6.04 Å². The van der Waals surface area contributed by atoms with Gasteiger partial charge in [0.1, 0.15) is 11.5 Å². The van der Waals surface area contributed by atoms with Gasteiger partial charge in [0, 0.05) is 15.6 Å². The fraction of sp³-hybridized carbons (Fsp3) is 0.0800. The lowest BCUT2D eigenvalue weighted by Gasteiger charge is -2.23. The van der Waals surface area contributed by atoms with E-state index < -0.39 is 17.7 Å². The standard InChI is InChI=1S/C25H16Cl2N2O4S/c1-33-17-10-11-18-19(12-17)34-25(28-18)29-21(13-2-6-15(26)7-3-13)20(23(31)24(29)32)22(30)14-4-8-16(27)9-5-14/h2-12,21,30H,1H3/b22-20+. The van der Waals surface area contributed by atoms with Gasteiger partial charge in [0.2, 0.25) is 0 Å². The second-order valence-electron chi connectivity index (χ2n) is 7.56. The van der Waals surface area contributed by atoms with E-state index in [0.717, 1.165) is 4.70 Å². The zero-order valence-corrected chi connectivity index (χ0v) is 20.0. The number of anilines is 1. The highest BCUT2D eigenvalue weighted by Crippen LogP contribution is 2.44. The summed E-state index contributed by atoms with van der Waals surface area (Å²) in [5, 5.41) is 12.5. The van der Waals surface area contributed by atoms with Crippen LogP contribution in [0.25, 0.3) is 16.0 Å². The Kier molecular flexibility index (Phi) is 5.77. The van der Waals surface area contributed by atoms with Crippen LogP contribution in [0.2, 0.25) is 10.0 Å². The van der Waals surface area contributed by atoms with Gasteiger partial charge in [-0.05, 0) is 60.2 Å². The molecule has 9 heteroatoms. The molecule has 0 aliphatic carbocycles. The van der Waals surface area contributed by atoms with Crippen molar-refractivity contribution in [1.82, 2.24) is 4.98 Å². The number of aliphatic hydroxyl groups excluding tert-OH is 1. The molecule has 2 heterocycles. The minimum atomic E-state index is -0.893. The summed E-state index contributed by atoms with van der Waals surface area (Å²) < 4.78 is 6.08. The minimum Gasteiger partial charge on any atom is -0.507 e. The molecule has 3 aromatic carbocycles. The molecule has 0 spiro atoms. The quantitative estimate of drug-likeness (QED) is 0.199. The van der Waals surface area contributed by atoms with E-state index in [9.17, 15) is 14.7 Å². The van der Waals surface area contributed by atoms with Gasteiger partial charge in [-0.25, -0.2) is 4.98 Å². The third-order valence-electron chi connectivity index (χ3n) is 5.54. The van der Waals surface area contributed by atoms with E-state index in [-0.39, 0.29) is 11.3 Å². The Bertz CT molecular complexity index is 1460. The molecule has 1 saturated heterocycles. The number of benzene rings is 3. The molecular weight excluding hydrogens is 495 g/mol. The van der Waals surface area contributed by atoms with Gasteiger partial charge in [0.05, 0.1) is 28.9 Å². The molecule has 1 aromatic heterocycles. The fourth-order valence-electron chi connectivity index (χ4n) is 3.88. The number of amides is 1. The highest BCUT2D eigenvalue weighted by atomic mass is 35.5. The Balaban J connectivity index is 1.71. The molecule has 1 aliphatic rings. The molecular formula is C25H16Cl2N2O4S. The van der Waals surface area contributed by atoms with Gasteiger partial charge >= 0.3 is 5.91 Å². The lowest BCUT2D eigenvalue weighted by Crippen LogP contribution is -2.29. The first-order valence-electron chi connectivity index (χ1n) is 10.1. The molecule has 1 aliphatic heterocycles. The topological polar surface area (TPSA) is 79.7 Å². The average Bonchev–Trinajstić information content (AvgIpc) is 3.37. The molecule has 1 atom stereocenters. The van der Waals surface area contributed by atoms with Crippen molar-refractivity contribution >= 4 is 67.3 Å². The number of carbonyl (C=O) groups is 2. The van der Waals surface area contributed by atoms with Crippen molar-refractivity contribution in [3.63, 3.8) is 0 Å². The summed E-state index contributed by atoms with van der Waals surface area (Å²) in [5.74, 6) is -1.22. The zero-order chi connectivity index (χ0) is 24.0. The summed E-state index contributed by atoms with van der Waals surface area (Å²) in [4.78, 5) is 32.4. The normalized spacial score (nSPS) is 17.5. The molecule has 5 rings (SSSR count). The number of aliphatic hydroxyl groups is 1. The number of ether oxygens (including phenoxy) is 1. The summed E-state index contributed by atoms with van der Waals surface area (Å²) >= 11 is 13.3. The molecule has 1 fully saturated rings. The van der Waals surface area contributed by atoms with Crippen molar-refractivity contribution in [3.05, 3.63) is 93.5 Å². The first-order valence-corrected chi connectivity index (χ1v) is 11.7. The van der Waals surface area contributed by atoms with E-state index in [0.29, 0.717) is 37.6 Å². The van der Waals surface area contributed by atoms with Crippen LogP contribution in [0.4, 0.5) is 5.13 Å². The number of aromatic nitrogens is 1. The number of hydrogen-bond donors (Lipinski definition) is 1. The number of hydrogen-bond acceptors (Lipinski definition) is 6. The van der Waals surface area contributed by atoms with Gasteiger partial charge < -0.3 is 9.84 Å². The van der Waals surface area contributed by atoms with E-state index in [1.165, 1.54) is 16.2 Å². The molecule has 0 bridgehead atoms. The van der Waals surface area contributed by atoms with Gasteiger partial charge in [0.15, 0.2) is 5.13 Å². The number of carbonyl (C=O) groups excluding carboxylic acids is 2. The van der Waals surface area contributed by atoms with Crippen LogP contribution in [0.1, 0.15) is 17.2 Å². The Morgan fingerprint density at radius 1 is 1.00 bits per heavy atom. The number of nitrogens with zero attached hydrogens (tertiary/aromatic N) is 2. The molecule has 34 heavy (non-hydrogen) atoms. The summed E-state index contributed by atoms with van der Waals surface area (Å²) in [5.41, 5.74) is 1.60. The first kappa shape index (κ1) is 22.4. The molecule has 6 nitrogen and oxygen atoms in total. The van der Waals surface area contributed by atoms with Crippen LogP contribution in [-0.4, -0.2) is 28.9 Å². The lowest BCUT2D eigenvalue weighted by molar-refractivity contribution is -0.132. The lowest BCUT2D eigenvalue weighted by atomic mass is 9.95. The Morgan fingerprint density at radius 2 is 1.65 bits per heavy atom. The number of fused-ring (bicyclic) bond motifs is 1. The first-order chi connectivity index (χ1) is 16.4. The number of methoxy groups -OCH3 is 1. The van der Waals surface area contributed by atoms with Crippen molar-refractivity contribution in [2.75, 3.05) is 12.0 Å². The van der Waals surface area contributed by atoms with Gasteiger partial charge in [-0.2, -0.15) is 0 Å². The Morgan fingerprint density at radius 3 is 2.29 bits per heavy atom. The summed E-state index contributed by atoms with van der Waals surface area (Å²) in [7, 11) is 1.57. The largest absolute Gasteiger partial charge is 0.507 e. The van der Waals surface area contributed by atoms with Crippen LogP contribution in [0, 0.1) is 0 Å². The van der Waals surface area contributed by atoms with Crippen LogP contribution in [0.15, 0.2) is 72.3 Å². The van der Waals surface area contributed by atoms with Crippen molar-refractivity contribution < 1.29 is 19.4 Å². The number of thiazole rings is 1. The van der Waals surface area contributed by atoms with Crippen LogP contribution in [0.5, 0.6) is 5.75 Å². The third kappa shape index (κ3) is 3.81. The van der Waals surface area contributed by atoms with Crippen LogP contribution >= 0.6 is 34.5 Å². The van der Waals surface area contributed by atoms with Crippen molar-refractivity contribution in [1.29, 1.82) is 0 Å². The molecule has 1 unspecified atom stereocenters. The SMILES string of the molecule is COc1ccc2nc(N3C(=O)C(=O)/C(=C(/O)c4ccc(Cl)cc4)C3c3ccc(Cl)cc3)sc2c1. The molecule has 0 radical (unpaired) electrons.